The molecule has 0 aliphatic heterocycles. The van der Waals surface area contributed by atoms with Crippen molar-refractivity contribution < 1.29 is 8.83 Å². The summed E-state index contributed by atoms with van der Waals surface area (Å²) < 4.78 is 15.4. The van der Waals surface area contributed by atoms with E-state index in [9.17, 15) is 0 Å². The van der Waals surface area contributed by atoms with Crippen LogP contribution in [0.2, 0.25) is 0 Å². The van der Waals surface area contributed by atoms with Gasteiger partial charge in [-0.1, -0.05) is 121 Å². The monoisotopic (exact) mass is 721 g/mol. The molecule has 0 amide bonds. The maximum absolute atomic E-state index is 6.63. The van der Waals surface area contributed by atoms with E-state index in [-0.39, 0.29) is 0 Å². The number of thiophene rings is 1. The van der Waals surface area contributed by atoms with Crippen LogP contribution >= 0.6 is 11.3 Å². The predicted octanol–water partition coefficient (Wildman–Crippen LogP) is 13.9. The molecule has 0 fully saturated rings. The minimum atomic E-state index is 0.585. The Bertz CT molecular complexity index is 3370. The Morgan fingerprint density at radius 3 is 1.80 bits per heavy atom. The zero-order valence-corrected chi connectivity index (χ0v) is 30.0. The van der Waals surface area contributed by atoms with E-state index >= 15 is 0 Å². The summed E-state index contributed by atoms with van der Waals surface area (Å²) in [5, 5.41) is 8.41. The smallest absolute Gasteiger partial charge is 0.164 e. The van der Waals surface area contributed by atoms with Crippen molar-refractivity contribution in [2.45, 2.75) is 0 Å². The lowest BCUT2D eigenvalue weighted by molar-refractivity contribution is 0.669. The molecule has 0 unspecified atom stereocenters. The number of rotatable bonds is 4. The largest absolute Gasteiger partial charge is 0.456 e. The SMILES string of the molecule is c1ccc(-c2ccc3oc4c5ccccc5c(-c5nc(-c6cccc7oc8ccccc8c67)nc(-c6cccc7sc8ccccc8c67)n5)cc4c3c2)cc1. The summed E-state index contributed by atoms with van der Waals surface area (Å²) in [5.74, 6) is 1.79. The molecule has 5 nitrogen and oxygen atoms in total. The van der Waals surface area contributed by atoms with Crippen molar-refractivity contribution in [2.75, 3.05) is 0 Å². The van der Waals surface area contributed by atoms with E-state index in [4.69, 9.17) is 23.8 Å². The van der Waals surface area contributed by atoms with E-state index in [1.54, 1.807) is 11.3 Å². The number of benzene rings is 8. The van der Waals surface area contributed by atoms with Crippen molar-refractivity contribution in [3.05, 3.63) is 164 Å². The van der Waals surface area contributed by atoms with Crippen LogP contribution in [0.15, 0.2) is 173 Å². The molecule has 12 rings (SSSR count). The fourth-order valence-electron chi connectivity index (χ4n) is 8.25. The number of aromatic nitrogens is 3. The molecular formula is C49H27N3O2S. The first kappa shape index (κ1) is 30.3. The molecule has 0 atom stereocenters. The topological polar surface area (TPSA) is 65.0 Å². The minimum Gasteiger partial charge on any atom is -0.456 e. The first-order chi connectivity index (χ1) is 27.2. The van der Waals surface area contributed by atoms with Crippen LogP contribution in [0.1, 0.15) is 0 Å². The van der Waals surface area contributed by atoms with Gasteiger partial charge in [0.05, 0.1) is 0 Å². The Balaban J connectivity index is 1.18. The second-order valence-corrected chi connectivity index (χ2v) is 15.0. The van der Waals surface area contributed by atoms with Crippen molar-refractivity contribution in [2.24, 2.45) is 0 Å². The van der Waals surface area contributed by atoms with Gasteiger partial charge >= 0.3 is 0 Å². The Labute approximate surface area is 317 Å². The molecule has 55 heavy (non-hydrogen) atoms. The van der Waals surface area contributed by atoms with Crippen LogP contribution in [0, 0.1) is 0 Å². The second-order valence-electron chi connectivity index (χ2n) is 13.9. The normalized spacial score (nSPS) is 12.0. The summed E-state index contributed by atoms with van der Waals surface area (Å²) >= 11 is 1.79. The lowest BCUT2D eigenvalue weighted by Crippen LogP contribution is -2.01. The fourth-order valence-corrected chi connectivity index (χ4v) is 9.38. The van der Waals surface area contributed by atoms with Gasteiger partial charge in [0, 0.05) is 63.8 Å². The van der Waals surface area contributed by atoms with E-state index in [1.807, 2.05) is 36.4 Å². The van der Waals surface area contributed by atoms with Gasteiger partial charge in [-0.15, -0.1) is 11.3 Å². The third-order valence-corrected chi connectivity index (χ3v) is 11.9. The van der Waals surface area contributed by atoms with E-state index < -0.39 is 0 Å². The average molecular weight is 722 g/mol. The number of furan rings is 2. The molecule has 8 aromatic carbocycles. The Morgan fingerprint density at radius 2 is 0.964 bits per heavy atom. The maximum atomic E-state index is 6.63. The lowest BCUT2D eigenvalue weighted by Gasteiger charge is -2.12. The highest BCUT2D eigenvalue weighted by Crippen LogP contribution is 2.44. The van der Waals surface area contributed by atoms with Gasteiger partial charge in [0.15, 0.2) is 17.5 Å². The molecule has 4 aromatic heterocycles. The molecule has 0 radical (unpaired) electrons. The van der Waals surface area contributed by atoms with Gasteiger partial charge in [0.2, 0.25) is 0 Å². The summed E-state index contributed by atoms with van der Waals surface area (Å²) in [7, 11) is 0. The molecule has 4 heterocycles. The van der Waals surface area contributed by atoms with Crippen LogP contribution < -0.4 is 0 Å². The average Bonchev–Trinajstić information content (AvgIpc) is 3.94. The van der Waals surface area contributed by atoms with E-state index in [2.05, 4.69) is 127 Å². The van der Waals surface area contributed by atoms with Gasteiger partial charge in [0.25, 0.3) is 0 Å². The number of hydrogen-bond donors (Lipinski definition) is 0. The van der Waals surface area contributed by atoms with Crippen molar-refractivity contribution in [1.29, 1.82) is 0 Å². The molecule has 12 aromatic rings. The quantitative estimate of drug-likeness (QED) is 0.181. The molecule has 0 aliphatic rings. The minimum absolute atomic E-state index is 0.585. The summed E-state index contributed by atoms with van der Waals surface area (Å²) in [6.45, 7) is 0. The molecule has 0 aliphatic carbocycles. The van der Waals surface area contributed by atoms with Crippen LogP contribution in [0.5, 0.6) is 0 Å². The third-order valence-electron chi connectivity index (χ3n) is 10.7. The third kappa shape index (κ3) is 4.62. The maximum Gasteiger partial charge on any atom is 0.164 e. The first-order valence-electron chi connectivity index (χ1n) is 18.3. The standard InChI is InChI=1S/C49H27N3O2S/c1-2-12-28(13-3-1)29-24-25-40-36(26-29)37-27-38(30-14-4-5-15-31(30)46(37)54-40)49-51-47(34-18-10-21-41-44(34)32-16-6-8-20-39(32)53-41)50-48(52-49)35-19-11-23-43-45(35)33-17-7-9-22-42(33)55-43/h1-27H. The van der Waals surface area contributed by atoms with Gasteiger partial charge in [0.1, 0.15) is 22.3 Å². The number of para-hydroxylation sites is 1. The van der Waals surface area contributed by atoms with Crippen LogP contribution in [0.25, 0.3) is 120 Å². The van der Waals surface area contributed by atoms with Gasteiger partial charge in [-0.2, -0.15) is 0 Å². The Kier molecular flexibility index (Phi) is 6.44. The van der Waals surface area contributed by atoms with Crippen LogP contribution in [-0.2, 0) is 0 Å². The molecule has 0 bridgehead atoms. The van der Waals surface area contributed by atoms with Crippen molar-refractivity contribution in [3.8, 4) is 45.3 Å². The molecule has 6 heteroatoms. The predicted molar refractivity (Wildman–Crippen MR) is 227 cm³/mol. The zero-order valence-electron chi connectivity index (χ0n) is 29.2. The molecular weight excluding hydrogens is 695 g/mol. The van der Waals surface area contributed by atoms with Gasteiger partial charge in [-0.3, -0.25) is 0 Å². The van der Waals surface area contributed by atoms with Crippen molar-refractivity contribution in [1.82, 2.24) is 15.0 Å². The zero-order chi connectivity index (χ0) is 36.0. The summed E-state index contributed by atoms with van der Waals surface area (Å²) in [6, 6.07) is 56.7. The highest BCUT2D eigenvalue weighted by atomic mass is 32.1. The molecule has 0 spiro atoms. The Hall–Kier alpha value is -7.15. The summed E-state index contributed by atoms with van der Waals surface area (Å²) in [4.78, 5) is 16.1. The van der Waals surface area contributed by atoms with Gasteiger partial charge in [-0.05, 0) is 59.0 Å². The molecule has 0 saturated carbocycles. The van der Waals surface area contributed by atoms with Crippen LogP contribution in [-0.4, -0.2) is 15.0 Å². The molecule has 0 N–H and O–H groups in total. The highest BCUT2D eigenvalue weighted by molar-refractivity contribution is 7.25. The van der Waals surface area contributed by atoms with Crippen LogP contribution in [0.4, 0.5) is 0 Å². The van der Waals surface area contributed by atoms with E-state index in [0.29, 0.717) is 17.5 Å². The Morgan fingerprint density at radius 1 is 0.345 bits per heavy atom. The summed E-state index contributed by atoms with van der Waals surface area (Å²) in [6.07, 6.45) is 0. The van der Waals surface area contributed by atoms with Gasteiger partial charge in [-0.25, -0.2) is 15.0 Å². The fraction of sp³-hybridized carbons (Fsp3) is 0. The van der Waals surface area contributed by atoms with Crippen molar-refractivity contribution >= 4 is 86.2 Å². The van der Waals surface area contributed by atoms with Gasteiger partial charge < -0.3 is 8.83 Å². The summed E-state index contributed by atoms with van der Waals surface area (Å²) in [5.41, 5.74) is 8.35. The molecule has 256 valence electrons. The number of hydrogen-bond acceptors (Lipinski definition) is 6. The second kappa shape index (κ2) is 11.7. The van der Waals surface area contributed by atoms with Crippen LogP contribution in [0.3, 0.4) is 0 Å². The molecule has 0 saturated heterocycles. The van der Waals surface area contributed by atoms with E-state index in [1.165, 1.54) is 14.8 Å². The van der Waals surface area contributed by atoms with Crippen molar-refractivity contribution in [3.63, 3.8) is 0 Å². The van der Waals surface area contributed by atoms with E-state index in [0.717, 1.165) is 87.9 Å². The first-order valence-corrected chi connectivity index (χ1v) is 19.1. The number of fused-ring (bicyclic) bond motifs is 11. The lowest BCUT2D eigenvalue weighted by atomic mass is 9.98. The number of nitrogens with zero attached hydrogens (tertiary/aromatic N) is 3. The highest BCUT2D eigenvalue weighted by Gasteiger charge is 2.22.